The molecule has 1 aromatic heterocycles. The molecule has 98 valence electrons. The van der Waals surface area contributed by atoms with Gasteiger partial charge >= 0.3 is 5.95 Å². The molecule has 9 heteroatoms. The highest BCUT2D eigenvalue weighted by molar-refractivity contribution is 5.76. The SMILES string of the molecule is C/C(F)=C(/F)CNC(=O)Cn1ccnc1[N+](=O)[O-]. The van der Waals surface area contributed by atoms with Crippen LogP contribution in [-0.2, 0) is 11.3 Å². The van der Waals surface area contributed by atoms with Gasteiger partial charge in [-0.1, -0.05) is 4.98 Å². The van der Waals surface area contributed by atoms with E-state index >= 15 is 0 Å². The van der Waals surface area contributed by atoms with Gasteiger partial charge in [0, 0.05) is 0 Å². The minimum atomic E-state index is -1.09. The van der Waals surface area contributed by atoms with Gasteiger partial charge in [-0.3, -0.25) is 4.79 Å². The van der Waals surface area contributed by atoms with Gasteiger partial charge in [0.15, 0.2) is 12.4 Å². The molecule has 0 atom stereocenters. The Morgan fingerprint density at radius 2 is 2.28 bits per heavy atom. The number of nitrogens with one attached hydrogen (secondary N) is 1. The first-order valence-corrected chi connectivity index (χ1v) is 4.84. The van der Waals surface area contributed by atoms with Crippen LogP contribution in [0.15, 0.2) is 24.0 Å². The largest absolute Gasteiger partial charge is 0.435 e. The number of allylic oxidation sites excluding steroid dienone is 1. The summed E-state index contributed by atoms with van der Waals surface area (Å²) in [7, 11) is 0. The third-order valence-electron chi connectivity index (χ3n) is 1.99. The lowest BCUT2D eigenvalue weighted by Crippen LogP contribution is -2.29. The van der Waals surface area contributed by atoms with Gasteiger partial charge in [-0.2, -0.15) is 0 Å². The Balaban J connectivity index is 2.58. The molecule has 1 N–H and O–H groups in total. The van der Waals surface area contributed by atoms with Crippen molar-refractivity contribution in [3.05, 3.63) is 34.2 Å². The van der Waals surface area contributed by atoms with Gasteiger partial charge in [-0.05, 0) is 11.8 Å². The number of nitro groups is 1. The van der Waals surface area contributed by atoms with Gasteiger partial charge in [-0.25, -0.2) is 13.3 Å². The summed E-state index contributed by atoms with van der Waals surface area (Å²) < 4.78 is 26.1. The van der Waals surface area contributed by atoms with Crippen molar-refractivity contribution >= 4 is 11.9 Å². The van der Waals surface area contributed by atoms with E-state index in [9.17, 15) is 23.7 Å². The van der Waals surface area contributed by atoms with Crippen LogP contribution in [0.25, 0.3) is 0 Å². The lowest BCUT2D eigenvalue weighted by Gasteiger charge is -2.03. The number of rotatable bonds is 5. The molecule has 1 heterocycles. The molecule has 0 bridgehead atoms. The number of carbonyl (C=O) groups is 1. The number of nitrogens with zero attached hydrogens (tertiary/aromatic N) is 3. The number of amides is 1. The fraction of sp³-hybridized carbons (Fsp3) is 0.333. The molecule has 0 unspecified atom stereocenters. The van der Waals surface area contributed by atoms with Crippen molar-refractivity contribution in [3.8, 4) is 0 Å². The Morgan fingerprint density at radius 3 is 2.83 bits per heavy atom. The van der Waals surface area contributed by atoms with Gasteiger partial charge < -0.3 is 15.4 Å². The fourth-order valence-corrected chi connectivity index (χ4v) is 1.11. The average molecular weight is 260 g/mol. The number of imidazole rings is 1. The zero-order valence-electron chi connectivity index (χ0n) is 9.39. The maximum absolute atomic E-state index is 12.7. The number of aromatic nitrogens is 2. The second kappa shape index (κ2) is 5.84. The van der Waals surface area contributed by atoms with Crippen LogP contribution in [0.2, 0.25) is 0 Å². The highest BCUT2D eigenvalue weighted by atomic mass is 19.2. The molecule has 1 rings (SSSR count). The molecule has 0 radical (unpaired) electrons. The Morgan fingerprint density at radius 1 is 1.61 bits per heavy atom. The van der Waals surface area contributed by atoms with Crippen LogP contribution in [0.1, 0.15) is 6.92 Å². The Bertz CT molecular complexity index is 494. The quantitative estimate of drug-likeness (QED) is 0.633. The minimum Gasteiger partial charge on any atom is -0.390 e. The summed E-state index contributed by atoms with van der Waals surface area (Å²) in [6, 6.07) is 0. The first-order valence-electron chi connectivity index (χ1n) is 4.84. The van der Waals surface area contributed by atoms with E-state index in [4.69, 9.17) is 0 Å². The van der Waals surface area contributed by atoms with Crippen molar-refractivity contribution in [2.24, 2.45) is 0 Å². The summed E-state index contributed by atoms with van der Waals surface area (Å²) in [4.78, 5) is 24.5. The van der Waals surface area contributed by atoms with Crippen molar-refractivity contribution in [2.75, 3.05) is 6.54 Å². The molecule has 1 amide bonds. The highest BCUT2D eigenvalue weighted by Gasteiger charge is 2.17. The number of hydrogen-bond donors (Lipinski definition) is 1. The molecule has 0 aliphatic rings. The third kappa shape index (κ3) is 3.61. The zero-order valence-corrected chi connectivity index (χ0v) is 9.39. The Hall–Kier alpha value is -2.32. The van der Waals surface area contributed by atoms with Gasteiger partial charge in [0.1, 0.15) is 18.2 Å². The average Bonchev–Trinajstić information content (AvgIpc) is 2.73. The number of hydrogen-bond acceptors (Lipinski definition) is 4. The summed E-state index contributed by atoms with van der Waals surface area (Å²) in [5.41, 5.74) is 0. The molecule has 1 aromatic rings. The van der Waals surface area contributed by atoms with E-state index in [1.165, 1.54) is 6.20 Å². The van der Waals surface area contributed by atoms with Crippen LogP contribution in [0, 0.1) is 10.1 Å². The third-order valence-corrected chi connectivity index (χ3v) is 1.99. The molecular formula is C9H10F2N4O3. The highest BCUT2D eigenvalue weighted by Crippen LogP contribution is 2.07. The lowest BCUT2D eigenvalue weighted by atomic mass is 10.4. The van der Waals surface area contributed by atoms with Gasteiger partial charge in [0.05, 0.1) is 6.54 Å². The van der Waals surface area contributed by atoms with Crippen molar-refractivity contribution in [3.63, 3.8) is 0 Å². The predicted molar refractivity (Wildman–Crippen MR) is 56.8 cm³/mol. The molecule has 0 spiro atoms. The van der Waals surface area contributed by atoms with Crippen LogP contribution >= 0.6 is 0 Å². The van der Waals surface area contributed by atoms with Crippen LogP contribution in [0.4, 0.5) is 14.7 Å². The Labute approximate surface area is 100 Å². The molecule has 0 saturated heterocycles. The normalized spacial score (nSPS) is 11.9. The second-order valence-electron chi connectivity index (χ2n) is 3.33. The van der Waals surface area contributed by atoms with Gasteiger partial charge in [0.2, 0.25) is 0 Å². The molecule has 0 aliphatic heterocycles. The van der Waals surface area contributed by atoms with E-state index in [1.807, 2.05) is 0 Å². The summed E-state index contributed by atoms with van der Waals surface area (Å²) in [5.74, 6) is -3.30. The van der Waals surface area contributed by atoms with Crippen molar-refractivity contribution in [1.82, 2.24) is 14.9 Å². The Kier molecular flexibility index (Phi) is 4.46. The summed E-state index contributed by atoms with van der Waals surface area (Å²) in [5, 5.41) is 12.6. The van der Waals surface area contributed by atoms with Crippen LogP contribution in [0.5, 0.6) is 0 Å². The topological polar surface area (TPSA) is 90.1 Å². The van der Waals surface area contributed by atoms with E-state index in [-0.39, 0.29) is 0 Å². The molecule has 0 aromatic carbocycles. The molecule has 7 nitrogen and oxygen atoms in total. The van der Waals surface area contributed by atoms with Crippen LogP contribution < -0.4 is 5.32 Å². The van der Waals surface area contributed by atoms with E-state index in [0.29, 0.717) is 0 Å². The molecule has 0 fully saturated rings. The van der Waals surface area contributed by atoms with E-state index in [1.54, 1.807) is 0 Å². The van der Waals surface area contributed by atoms with Gasteiger partial charge in [-0.15, -0.1) is 0 Å². The van der Waals surface area contributed by atoms with E-state index in [0.717, 1.165) is 17.7 Å². The monoisotopic (exact) mass is 260 g/mol. The van der Waals surface area contributed by atoms with Crippen LogP contribution in [-0.4, -0.2) is 26.9 Å². The van der Waals surface area contributed by atoms with Crippen molar-refractivity contribution < 1.29 is 18.5 Å². The smallest absolute Gasteiger partial charge is 0.390 e. The summed E-state index contributed by atoms with van der Waals surface area (Å²) in [6.07, 6.45) is 2.40. The standard InChI is InChI=1S/C9H10F2N4O3/c1-6(10)7(11)4-13-8(16)5-14-3-2-12-9(14)15(17)18/h2-3H,4-5H2,1H3,(H,13,16)/b7-6-. The lowest BCUT2D eigenvalue weighted by molar-refractivity contribution is -0.396. The van der Waals surface area contributed by atoms with Crippen molar-refractivity contribution in [2.45, 2.75) is 13.5 Å². The first kappa shape index (κ1) is 13.7. The molecule has 0 aliphatic carbocycles. The summed E-state index contributed by atoms with van der Waals surface area (Å²) >= 11 is 0. The number of carbonyl (C=O) groups excluding carboxylic acids is 1. The summed E-state index contributed by atoms with van der Waals surface area (Å²) in [6.45, 7) is -0.0687. The minimum absolute atomic E-state index is 0.394. The maximum Gasteiger partial charge on any atom is 0.435 e. The van der Waals surface area contributed by atoms with Gasteiger partial charge in [0.25, 0.3) is 5.91 Å². The fourth-order valence-electron chi connectivity index (χ4n) is 1.11. The van der Waals surface area contributed by atoms with E-state index < -0.39 is 41.5 Å². The van der Waals surface area contributed by atoms with Crippen LogP contribution in [0.3, 0.4) is 0 Å². The second-order valence-corrected chi connectivity index (χ2v) is 3.33. The predicted octanol–water partition coefficient (Wildman–Crippen LogP) is 1.08. The maximum atomic E-state index is 12.7. The van der Waals surface area contributed by atoms with E-state index in [2.05, 4.69) is 10.3 Å². The first-order chi connectivity index (χ1) is 8.41. The zero-order chi connectivity index (χ0) is 13.7. The number of halogens is 2. The molecule has 18 heavy (non-hydrogen) atoms. The molecular weight excluding hydrogens is 250 g/mol. The van der Waals surface area contributed by atoms with Crippen molar-refractivity contribution in [1.29, 1.82) is 0 Å². The molecule has 0 saturated carbocycles.